The quantitative estimate of drug-likeness (QED) is 0.298. The molecule has 4 fully saturated rings. The molecular formula is C31H48O3. The van der Waals surface area contributed by atoms with E-state index in [9.17, 15) is 9.59 Å². The summed E-state index contributed by atoms with van der Waals surface area (Å²) in [5.74, 6) is 3.06. The van der Waals surface area contributed by atoms with Crippen molar-refractivity contribution in [2.45, 2.75) is 106 Å². The van der Waals surface area contributed by atoms with Crippen molar-refractivity contribution in [3.63, 3.8) is 0 Å². The lowest BCUT2D eigenvalue weighted by Crippen LogP contribution is -2.66. The van der Waals surface area contributed by atoms with Crippen LogP contribution in [0, 0.1) is 56.7 Å². The third-order valence-corrected chi connectivity index (χ3v) is 13.3. The number of ether oxygens (including phenoxy) is 1. The fourth-order valence-corrected chi connectivity index (χ4v) is 10.9. The van der Waals surface area contributed by atoms with E-state index in [1.165, 1.54) is 12.8 Å². The van der Waals surface area contributed by atoms with E-state index in [-0.39, 0.29) is 33.0 Å². The Balaban J connectivity index is 1.61. The van der Waals surface area contributed by atoms with E-state index >= 15 is 0 Å². The number of methoxy groups -OCH3 is 1. The maximum atomic E-state index is 13.5. The lowest BCUT2D eigenvalue weighted by molar-refractivity contribution is -0.206. The molecular weight excluding hydrogens is 420 g/mol. The molecule has 9 unspecified atom stereocenters. The highest BCUT2D eigenvalue weighted by atomic mass is 16.5. The summed E-state index contributed by atoms with van der Waals surface area (Å²) in [6, 6.07) is 0. The molecule has 3 nitrogen and oxygen atoms in total. The summed E-state index contributed by atoms with van der Waals surface area (Å²) in [7, 11) is 1.60. The van der Waals surface area contributed by atoms with Crippen molar-refractivity contribution in [2.75, 3.05) is 7.11 Å². The molecule has 0 N–H and O–H groups in total. The molecule has 5 rings (SSSR count). The predicted octanol–water partition coefficient (Wildman–Crippen LogP) is 7.39. The van der Waals surface area contributed by atoms with Crippen molar-refractivity contribution >= 4 is 11.8 Å². The topological polar surface area (TPSA) is 43.4 Å². The van der Waals surface area contributed by atoms with Gasteiger partial charge in [0, 0.05) is 11.8 Å². The van der Waals surface area contributed by atoms with Crippen LogP contribution in [0.2, 0.25) is 0 Å². The predicted molar refractivity (Wildman–Crippen MR) is 136 cm³/mol. The lowest BCUT2D eigenvalue weighted by atomic mass is 9.33. The standard InChI is InChI=1S/C31H48O3/c1-19-11-16-31(26(33)34-8)18-17-29(6)22-9-10-23-27(3,4)24(32)13-14-28(23,5)21(22)12-15-30(29,7)25(31)20(19)2/h9,19-21,23,25H,10-18H2,1-8H3. The highest BCUT2D eigenvalue weighted by Crippen LogP contribution is 2.75. The minimum absolute atomic E-state index is 0.0545. The molecule has 0 heterocycles. The second-order valence-electron chi connectivity index (χ2n) is 14.4. The minimum Gasteiger partial charge on any atom is -0.469 e. The lowest BCUT2D eigenvalue weighted by Gasteiger charge is -2.70. The van der Waals surface area contributed by atoms with Gasteiger partial charge in [0.1, 0.15) is 5.78 Å². The van der Waals surface area contributed by atoms with E-state index < -0.39 is 0 Å². The van der Waals surface area contributed by atoms with Crippen LogP contribution in [-0.2, 0) is 14.3 Å². The summed E-state index contributed by atoms with van der Waals surface area (Å²) in [4.78, 5) is 26.4. The smallest absolute Gasteiger partial charge is 0.312 e. The Morgan fingerprint density at radius 3 is 2.35 bits per heavy atom. The number of carbonyl (C=O) groups is 2. The second-order valence-corrected chi connectivity index (χ2v) is 14.4. The summed E-state index contributed by atoms with van der Waals surface area (Å²) in [5.41, 5.74) is 1.56. The summed E-state index contributed by atoms with van der Waals surface area (Å²) < 4.78 is 5.53. The zero-order valence-electron chi connectivity index (χ0n) is 23.1. The zero-order valence-corrected chi connectivity index (χ0v) is 23.1. The molecule has 9 atom stereocenters. The van der Waals surface area contributed by atoms with Gasteiger partial charge in [0.25, 0.3) is 0 Å². The number of ketones is 1. The first kappa shape index (κ1) is 24.6. The molecule has 0 radical (unpaired) electrons. The van der Waals surface area contributed by atoms with E-state index in [1.54, 1.807) is 12.7 Å². The van der Waals surface area contributed by atoms with Crippen molar-refractivity contribution in [1.82, 2.24) is 0 Å². The molecule has 0 amide bonds. The maximum absolute atomic E-state index is 13.5. The van der Waals surface area contributed by atoms with Gasteiger partial charge in [0.15, 0.2) is 0 Å². The Kier molecular flexibility index (Phi) is 5.38. The van der Waals surface area contributed by atoms with E-state index in [0.29, 0.717) is 35.4 Å². The number of esters is 1. The molecule has 0 aromatic heterocycles. The van der Waals surface area contributed by atoms with Gasteiger partial charge in [-0.25, -0.2) is 0 Å². The highest BCUT2D eigenvalue weighted by molar-refractivity contribution is 5.85. The first-order chi connectivity index (χ1) is 15.8. The average Bonchev–Trinajstić information content (AvgIpc) is 2.79. The Morgan fingerprint density at radius 2 is 1.68 bits per heavy atom. The number of rotatable bonds is 1. The van der Waals surface area contributed by atoms with Crippen LogP contribution in [0.1, 0.15) is 106 Å². The van der Waals surface area contributed by atoms with E-state index in [2.05, 4.69) is 54.5 Å². The van der Waals surface area contributed by atoms with Crippen LogP contribution in [0.25, 0.3) is 0 Å². The van der Waals surface area contributed by atoms with Crippen molar-refractivity contribution in [1.29, 1.82) is 0 Å². The molecule has 3 heteroatoms. The zero-order chi connectivity index (χ0) is 24.9. The third-order valence-electron chi connectivity index (χ3n) is 13.3. The van der Waals surface area contributed by atoms with Crippen LogP contribution in [-0.4, -0.2) is 18.9 Å². The van der Waals surface area contributed by atoms with E-state index in [1.807, 2.05) is 0 Å². The molecule has 190 valence electrons. The van der Waals surface area contributed by atoms with Crippen LogP contribution in [0.15, 0.2) is 11.6 Å². The molecule has 34 heavy (non-hydrogen) atoms. The van der Waals surface area contributed by atoms with Gasteiger partial charge in [0.2, 0.25) is 0 Å². The van der Waals surface area contributed by atoms with Gasteiger partial charge < -0.3 is 4.74 Å². The Morgan fingerprint density at radius 1 is 0.971 bits per heavy atom. The summed E-state index contributed by atoms with van der Waals surface area (Å²) in [5, 5.41) is 0. The molecule has 0 aliphatic heterocycles. The largest absolute Gasteiger partial charge is 0.469 e. The molecule has 4 saturated carbocycles. The number of hydrogen-bond donors (Lipinski definition) is 0. The molecule has 5 aliphatic carbocycles. The number of fused-ring (bicyclic) bond motifs is 7. The van der Waals surface area contributed by atoms with Crippen molar-refractivity contribution in [3.05, 3.63) is 11.6 Å². The molecule has 0 bridgehead atoms. The van der Waals surface area contributed by atoms with Crippen LogP contribution in [0.4, 0.5) is 0 Å². The van der Waals surface area contributed by atoms with Crippen LogP contribution >= 0.6 is 0 Å². The highest BCUT2D eigenvalue weighted by Gasteiger charge is 2.70. The Bertz CT molecular complexity index is 931. The number of Topliss-reactive ketones (excluding diaryl/α,β-unsaturated/α-hetero) is 1. The van der Waals surface area contributed by atoms with Gasteiger partial charge >= 0.3 is 5.97 Å². The SMILES string of the molecule is COC(=O)C12CCC(C)C(C)C1C1(C)CCC3C(=CCC4C(C)(C)C(=O)CCC34C)C1(C)CC2. The molecule has 0 spiro atoms. The average molecular weight is 469 g/mol. The summed E-state index contributed by atoms with van der Waals surface area (Å²) >= 11 is 0. The van der Waals surface area contributed by atoms with Crippen LogP contribution in [0.5, 0.6) is 0 Å². The monoisotopic (exact) mass is 468 g/mol. The van der Waals surface area contributed by atoms with Crippen molar-refractivity contribution in [3.8, 4) is 0 Å². The first-order valence-corrected chi connectivity index (χ1v) is 14.1. The Labute approximate surface area is 207 Å². The fraction of sp³-hybridized carbons (Fsp3) is 0.871. The third kappa shape index (κ3) is 2.76. The van der Waals surface area contributed by atoms with Crippen molar-refractivity contribution in [2.24, 2.45) is 56.7 Å². The van der Waals surface area contributed by atoms with E-state index in [0.717, 1.165) is 44.9 Å². The second kappa shape index (κ2) is 7.45. The number of hydrogen-bond acceptors (Lipinski definition) is 3. The van der Waals surface area contributed by atoms with Crippen molar-refractivity contribution < 1.29 is 14.3 Å². The normalized spacial score (nSPS) is 51.8. The van der Waals surface area contributed by atoms with Crippen LogP contribution in [0.3, 0.4) is 0 Å². The number of allylic oxidation sites excluding steroid dienone is 2. The fourth-order valence-electron chi connectivity index (χ4n) is 10.9. The van der Waals surface area contributed by atoms with Gasteiger partial charge in [-0.05, 0) is 97.2 Å². The van der Waals surface area contributed by atoms with Crippen LogP contribution < -0.4 is 0 Å². The van der Waals surface area contributed by atoms with E-state index in [4.69, 9.17) is 4.74 Å². The summed E-state index contributed by atoms with van der Waals surface area (Å²) in [6.07, 6.45) is 11.9. The molecule has 5 aliphatic rings. The maximum Gasteiger partial charge on any atom is 0.312 e. The molecule has 0 saturated heterocycles. The van der Waals surface area contributed by atoms with Gasteiger partial charge in [-0.2, -0.15) is 0 Å². The number of carbonyl (C=O) groups excluding carboxylic acids is 2. The van der Waals surface area contributed by atoms with Gasteiger partial charge in [-0.1, -0.05) is 60.1 Å². The molecule has 0 aromatic carbocycles. The summed E-state index contributed by atoms with van der Waals surface area (Å²) in [6.45, 7) is 16.9. The molecule has 0 aromatic rings. The van der Waals surface area contributed by atoms with Gasteiger partial charge in [0.05, 0.1) is 12.5 Å². The Hall–Kier alpha value is -1.12. The minimum atomic E-state index is -0.317. The van der Waals surface area contributed by atoms with Gasteiger partial charge in [-0.15, -0.1) is 0 Å². The first-order valence-electron chi connectivity index (χ1n) is 14.1. The van der Waals surface area contributed by atoms with Gasteiger partial charge in [-0.3, -0.25) is 9.59 Å².